The number of carbonyl (C=O) groups excluding carboxylic acids is 1. The number of nitrogens with two attached hydrogens (primary N) is 2. The molecule has 1 fully saturated rings. The van der Waals surface area contributed by atoms with Gasteiger partial charge in [-0.05, 0) is 51.2 Å². The molecule has 0 aliphatic heterocycles. The highest BCUT2D eigenvalue weighted by atomic mass is 16.1. The Kier molecular flexibility index (Phi) is 5.40. The first-order valence-corrected chi connectivity index (χ1v) is 6.85. The fourth-order valence-corrected chi connectivity index (χ4v) is 2.91. The summed E-state index contributed by atoms with van der Waals surface area (Å²) in [6.45, 7) is 7.58. The molecule has 1 aliphatic rings. The molecule has 1 rings (SSSR count). The molecular formula is C13H27N3O. The molecule has 0 saturated heterocycles. The number of carbonyl (C=O) groups is 1. The Hall–Kier alpha value is -0.610. The van der Waals surface area contributed by atoms with Crippen LogP contribution in [-0.4, -0.2) is 36.0 Å². The Morgan fingerprint density at radius 1 is 1.41 bits per heavy atom. The maximum Gasteiger partial charge on any atom is 0.237 e. The van der Waals surface area contributed by atoms with E-state index in [1.54, 1.807) is 0 Å². The number of hydrogen-bond acceptors (Lipinski definition) is 3. The van der Waals surface area contributed by atoms with Gasteiger partial charge in [-0.25, -0.2) is 0 Å². The first kappa shape index (κ1) is 14.5. The molecule has 1 saturated carbocycles. The Morgan fingerprint density at radius 3 is 2.65 bits per heavy atom. The van der Waals surface area contributed by atoms with Crippen molar-refractivity contribution >= 4 is 5.91 Å². The van der Waals surface area contributed by atoms with Crippen molar-refractivity contribution in [3.8, 4) is 0 Å². The van der Waals surface area contributed by atoms with E-state index in [0.29, 0.717) is 0 Å². The van der Waals surface area contributed by atoms with Crippen molar-refractivity contribution in [3.63, 3.8) is 0 Å². The summed E-state index contributed by atoms with van der Waals surface area (Å²) in [5.41, 5.74) is 10.9. The lowest BCUT2D eigenvalue weighted by Crippen LogP contribution is -2.55. The Bertz CT molecular complexity index is 257. The molecule has 4 nitrogen and oxygen atoms in total. The Balaban J connectivity index is 2.48. The molecular weight excluding hydrogens is 214 g/mol. The molecule has 17 heavy (non-hydrogen) atoms. The van der Waals surface area contributed by atoms with Crippen molar-refractivity contribution < 1.29 is 4.79 Å². The maximum absolute atomic E-state index is 11.5. The third-order valence-electron chi connectivity index (χ3n) is 4.11. The van der Waals surface area contributed by atoms with Gasteiger partial charge in [-0.1, -0.05) is 20.3 Å². The molecule has 0 bridgehead atoms. The van der Waals surface area contributed by atoms with E-state index in [9.17, 15) is 4.79 Å². The van der Waals surface area contributed by atoms with Gasteiger partial charge >= 0.3 is 0 Å². The fourth-order valence-electron chi connectivity index (χ4n) is 2.91. The SMILES string of the molecule is CCCN(CC)CCC1CCCC1(N)C(N)=O. The molecule has 0 aromatic heterocycles. The van der Waals surface area contributed by atoms with Crippen molar-refractivity contribution in [1.29, 1.82) is 0 Å². The number of nitrogens with zero attached hydrogens (tertiary/aromatic N) is 1. The zero-order valence-electron chi connectivity index (χ0n) is 11.2. The van der Waals surface area contributed by atoms with Gasteiger partial charge in [0, 0.05) is 0 Å². The summed E-state index contributed by atoms with van der Waals surface area (Å²) in [7, 11) is 0. The lowest BCUT2D eigenvalue weighted by atomic mass is 9.85. The minimum absolute atomic E-state index is 0.269. The monoisotopic (exact) mass is 241 g/mol. The number of primary amides is 1. The molecule has 2 atom stereocenters. The van der Waals surface area contributed by atoms with Gasteiger partial charge in [0.1, 0.15) is 0 Å². The third-order valence-corrected chi connectivity index (χ3v) is 4.11. The zero-order valence-corrected chi connectivity index (χ0v) is 11.2. The lowest BCUT2D eigenvalue weighted by molar-refractivity contribution is -0.124. The topological polar surface area (TPSA) is 72.3 Å². The molecule has 1 aliphatic carbocycles. The van der Waals surface area contributed by atoms with E-state index in [-0.39, 0.29) is 11.8 Å². The second-order valence-electron chi connectivity index (χ2n) is 5.22. The second-order valence-corrected chi connectivity index (χ2v) is 5.22. The normalized spacial score (nSPS) is 28.8. The molecule has 0 heterocycles. The molecule has 4 N–H and O–H groups in total. The molecule has 4 heteroatoms. The zero-order chi connectivity index (χ0) is 12.9. The van der Waals surface area contributed by atoms with E-state index in [2.05, 4.69) is 18.7 Å². The van der Waals surface area contributed by atoms with Crippen LogP contribution in [-0.2, 0) is 4.79 Å². The predicted molar refractivity (Wildman–Crippen MR) is 70.5 cm³/mol. The van der Waals surface area contributed by atoms with E-state index in [1.165, 1.54) is 6.42 Å². The van der Waals surface area contributed by atoms with E-state index in [4.69, 9.17) is 11.5 Å². The molecule has 0 aromatic rings. The largest absolute Gasteiger partial charge is 0.368 e. The molecule has 1 amide bonds. The Labute approximate surface area is 105 Å². The molecule has 0 spiro atoms. The van der Waals surface area contributed by atoms with Crippen LogP contribution in [0.3, 0.4) is 0 Å². The minimum Gasteiger partial charge on any atom is -0.368 e. The third kappa shape index (κ3) is 3.42. The van der Waals surface area contributed by atoms with Crippen molar-refractivity contribution in [2.24, 2.45) is 17.4 Å². The van der Waals surface area contributed by atoms with E-state index in [0.717, 1.165) is 45.3 Å². The van der Waals surface area contributed by atoms with Gasteiger partial charge in [0.05, 0.1) is 5.54 Å². The van der Waals surface area contributed by atoms with Crippen LogP contribution in [0, 0.1) is 5.92 Å². The highest BCUT2D eigenvalue weighted by Gasteiger charge is 2.43. The number of hydrogen-bond donors (Lipinski definition) is 2. The molecule has 2 unspecified atom stereocenters. The van der Waals surface area contributed by atoms with E-state index in [1.807, 2.05) is 0 Å². The second kappa shape index (κ2) is 6.36. The molecule has 100 valence electrons. The van der Waals surface area contributed by atoms with Gasteiger partial charge in [0.15, 0.2) is 0 Å². The maximum atomic E-state index is 11.5. The van der Waals surface area contributed by atoms with Crippen LogP contribution in [0.25, 0.3) is 0 Å². The van der Waals surface area contributed by atoms with Crippen molar-refractivity contribution in [2.75, 3.05) is 19.6 Å². The van der Waals surface area contributed by atoms with Crippen molar-refractivity contribution in [1.82, 2.24) is 4.90 Å². The molecule has 0 radical (unpaired) electrons. The van der Waals surface area contributed by atoms with Gasteiger partial charge in [-0.15, -0.1) is 0 Å². The first-order valence-electron chi connectivity index (χ1n) is 6.85. The van der Waals surface area contributed by atoms with Crippen LogP contribution < -0.4 is 11.5 Å². The predicted octanol–water partition coefficient (Wildman–Crippen LogP) is 1.09. The average molecular weight is 241 g/mol. The van der Waals surface area contributed by atoms with Crippen LogP contribution in [0.4, 0.5) is 0 Å². The fraction of sp³-hybridized carbons (Fsp3) is 0.923. The number of amides is 1. The van der Waals surface area contributed by atoms with Gasteiger partial charge < -0.3 is 16.4 Å². The smallest absolute Gasteiger partial charge is 0.237 e. The van der Waals surface area contributed by atoms with Crippen LogP contribution in [0.5, 0.6) is 0 Å². The standard InChI is InChI=1S/C13H27N3O/c1-3-9-16(4-2)10-7-11-6-5-8-13(11,15)12(14)17/h11H,3-10,15H2,1-2H3,(H2,14,17). The van der Waals surface area contributed by atoms with Crippen molar-refractivity contribution in [2.45, 2.75) is 51.5 Å². The van der Waals surface area contributed by atoms with Crippen molar-refractivity contribution in [3.05, 3.63) is 0 Å². The van der Waals surface area contributed by atoms with E-state index >= 15 is 0 Å². The highest BCUT2D eigenvalue weighted by Crippen LogP contribution is 2.35. The summed E-state index contributed by atoms with van der Waals surface area (Å²) in [5, 5.41) is 0. The first-order chi connectivity index (χ1) is 8.04. The lowest BCUT2D eigenvalue weighted by Gasteiger charge is -2.30. The summed E-state index contributed by atoms with van der Waals surface area (Å²) in [4.78, 5) is 13.9. The number of rotatable bonds is 7. The van der Waals surface area contributed by atoms with Crippen LogP contribution in [0.15, 0.2) is 0 Å². The molecule has 0 aromatic carbocycles. The summed E-state index contributed by atoms with van der Waals surface area (Å²) >= 11 is 0. The summed E-state index contributed by atoms with van der Waals surface area (Å²) in [6, 6.07) is 0. The summed E-state index contributed by atoms with van der Waals surface area (Å²) in [5.74, 6) is -0.0514. The van der Waals surface area contributed by atoms with Crippen LogP contribution >= 0.6 is 0 Å². The van der Waals surface area contributed by atoms with Gasteiger partial charge in [0.2, 0.25) is 5.91 Å². The van der Waals surface area contributed by atoms with Gasteiger partial charge in [-0.2, -0.15) is 0 Å². The quantitative estimate of drug-likeness (QED) is 0.701. The Morgan fingerprint density at radius 2 is 2.12 bits per heavy atom. The highest BCUT2D eigenvalue weighted by molar-refractivity contribution is 5.85. The van der Waals surface area contributed by atoms with E-state index < -0.39 is 5.54 Å². The van der Waals surface area contributed by atoms with Crippen LogP contribution in [0.2, 0.25) is 0 Å². The summed E-state index contributed by atoms with van der Waals surface area (Å²) in [6.07, 6.45) is 5.00. The minimum atomic E-state index is -0.744. The van der Waals surface area contributed by atoms with Crippen LogP contribution in [0.1, 0.15) is 46.0 Å². The van der Waals surface area contributed by atoms with Gasteiger partial charge in [-0.3, -0.25) is 4.79 Å². The van der Waals surface area contributed by atoms with Gasteiger partial charge in [0.25, 0.3) is 0 Å². The average Bonchev–Trinajstić information content (AvgIpc) is 2.67. The summed E-state index contributed by atoms with van der Waals surface area (Å²) < 4.78 is 0.